The van der Waals surface area contributed by atoms with Crippen LogP contribution in [0.4, 0.5) is 11.4 Å². The predicted molar refractivity (Wildman–Crippen MR) is 99.6 cm³/mol. The van der Waals surface area contributed by atoms with Crippen LogP contribution in [0.2, 0.25) is 0 Å². The third-order valence-corrected chi connectivity index (χ3v) is 3.54. The van der Waals surface area contributed by atoms with Crippen molar-refractivity contribution < 1.29 is 14.5 Å². The van der Waals surface area contributed by atoms with E-state index < -0.39 is 16.9 Å². The molecule has 2 aromatic rings. The number of nitriles is 1. The van der Waals surface area contributed by atoms with Crippen molar-refractivity contribution in [1.29, 1.82) is 5.26 Å². The highest BCUT2D eigenvalue weighted by Gasteiger charge is 2.15. The van der Waals surface area contributed by atoms with Crippen molar-refractivity contribution in [2.45, 2.75) is 13.0 Å². The van der Waals surface area contributed by atoms with Gasteiger partial charge in [0, 0.05) is 18.7 Å². The zero-order chi connectivity index (χ0) is 19.8. The first-order valence-electron chi connectivity index (χ1n) is 7.90. The number of amides is 1. The number of nitro benzene ring substituents is 1. The number of hydrazone groups is 1. The summed E-state index contributed by atoms with van der Waals surface area (Å²) >= 11 is 0. The number of carbonyl (C=O) groups is 1. The molecule has 1 amide bonds. The van der Waals surface area contributed by atoms with Gasteiger partial charge in [-0.2, -0.15) is 10.4 Å². The minimum Gasteiger partial charge on any atom is -0.481 e. The van der Waals surface area contributed by atoms with Crippen LogP contribution in [-0.2, 0) is 4.79 Å². The molecule has 0 radical (unpaired) electrons. The molecule has 0 aliphatic carbocycles. The Morgan fingerprint density at radius 3 is 2.63 bits per heavy atom. The largest absolute Gasteiger partial charge is 0.481 e. The van der Waals surface area contributed by atoms with Crippen LogP contribution >= 0.6 is 0 Å². The zero-order valence-corrected chi connectivity index (χ0v) is 14.7. The molecule has 138 valence electrons. The van der Waals surface area contributed by atoms with Crippen molar-refractivity contribution >= 4 is 23.5 Å². The fourth-order valence-electron chi connectivity index (χ4n) is 2.12. The number of hydrogen-bond acceptors (Lipinski definition) is 7. The Morgan fingerprint density at radius 1 is 1.33 bits per heavy atom. The van der Waals surface area contributed by atoms with Crippen molar-refractivity contribution in [3.63, 3.8) is 0 Å². The Balaban J connectivity index is 1.96. The smallest absolute Gasteiger partial charge is 0.292 e. The minimum atomic E-state index is -0.823. The average Bonchev–Trinajstić information content (AvgIpc) is 2.68. The highest BCUT2D eigenvalue weighted by Crippen LogP contribution is 2.24. The summed E-state index contributed by atoms with van der Waals surface area (Å²) in [6, 6.07) is 12.9. The molecular weight excluding hydrogens is 350 g/mol. The van der Waals surface area contributed by atoms with Crippen LogP contribution in [0.5, 0.6) is 5.75 Å². The Bertz CT molecular complexity index is 903. The van der Waals surface area contributed by atoms with Crippen LogP contribution in [0.1, 0.15) is 18.1 Å². The van der Waals surface area contributed by atoms with E-state index in [9.17, 15) is 14.9 Å². The molecule has 1 unspecified atom stereocenters. The molecule has 1 atom stereocenters. The van der Waals surface area contributed by atoms with E-state index in [4.69, 9.17) is 10.00 Å². The van der Waals surface area contributed by atoms with Crippen LogP contribution in [-0.4, -0.2) is 30.2 Å². The highest BCUT2D eigenvalue weighted by atomic mass is 16.6. The van der Waals surface area contributed by atoms with E-state index in [-0.39, 0.29) is 5.69 Å². The third-order valence-electron chi connectivity index (χ3n) is 3.54. The molecule has 2 rings (SSSR count). The fourth-order valence-corrected chi connectivity index (χ4v) is 2.12. The van der Waals surface area contributed by atoms with Crippen molar-refractivity contribution in [1.82, 2.24) is 5.43 Å². The number of nitro groups is 1. The van der Waals surface area contributed by atoms with Gasteiger partial charge in [0.1, 0.15) is 11.4 Å². The molecule has 2 N–H and O–H groups in total. The number of rotatable bonds is 7. The number of anilines is 1. The first-order chi connectivity index (χ1) is 12.9. The van der Waals surface area contributed by atoms with E-state index in [0.717, 1.165) is 0 Å². The lowest BCUT2D eigenvalue weighted by Crippen LogP contribution is -2.33. The van der Waals surface area contributed by atoms with Crippen LogP contribution < -0.4 is 15.5 Å². The molecule has 0 aliphatic rings. The molecule has 9 nitrogen and oxygen atoms in total. The van der Waals surface area contributed by atoms with Gasteiger partial charge in [-0.25, -0.2) is 5.43 Å². The SMILES string of the molecule is CNc1ccc(/C=N/NC(=O)C(C)Oc2ccc(C#N)cc2)cc1[N+](=O)[O-]. The van der Waals surface area contributed by atoms with E-state index in [0.29, 0.717) is 22.6 Å². The molecule has 27 heavy (non-hydrogen) atoms. The monoisotopic (exact) mass is 367 g/mol. The topological polar surface area (TPSA) is 130 Å². The number of nitrogens with one attached hydrogen (secondary N) is 2. The quantitative estimate of drug-likeness (QED) is 0.439. The summed E-state index contributed by atoms with van der Waals surface area (Å²) in [4.78, 5) is 22.5. The molecule has 0 spiro atoms. The summed E-state index contributed by atoms with van der Waals surface area (Å²) in [5, 5.41) is 26.3. The zero-order valence-electron chi connectivity index (χ0n) is 14.7. The number of hydrogen-bond donors (Lipinski definition) is 2. The lowest BCUT2D eigenvalue weighted by molar-refractivity contribution is -0.383. The standard InChI is InChI=1S/C18H17N5O4/c1-12(27-15-6-3-13(10-19)4-7-15)18(24)22-21-11-14-5-8-16(20-2)17(9-14)23(25)26/h3-9,11-12,20H,1-2H3,(H,22,24)/b21-11+. The lowest BCUT2D eigenvalue weighted by Gasteiger charge is -2.12. The van der Waals surface area contributed by atoms with Crippen molar-refractivity contribution in [3.05, 3.63) is 63.7 Å². The normalized spacial score (nSPS) is 11.4. The van der Waals surface area contributed by atoms with Crippen molar-refractivity contribution in [2.75, 3.05) is 12.4 Å². The summed E-state index contributed by atoms with van der Waals surface area (Å²) < 4.78 is 5.47. The predicted octanol–water partition coefficient (Wildman–Crippen LogP) is 2.43. The second-order valence-corrected chi connectivity index (χ2v) is 5.41. The van der Waals surface area contributed by atoms with E-state index in [1.165, 1.54) is 12.3 Å². The van der Waals surface area contributed by atoms with Gasteiger partial charge in [0.05, 0.1) is 22.8 Å². The van der Waals surface area contributed by atoms with Gasteiger partial charge in [-0.05, 0) is 37.3 Å². The van der Waals surface area contributed by atoms with Gasteiger partial charge >= 0.3 is 0 Å². The highest BCUT2D eigenvalue weighted by molar-refractivity contribution is 5.85. The summed E-state index contributed by atoms with van der Waals surface area (Å²) in [7, 11) is 1.59. The third kappa shape index (κ3) is 5.27. The van der Waals surface area contributed by atoms with Crippen molar-refractivity contribution in [3.8, 4) is 11.8 Å². The van der Waals surface area contributed by atoms with Gasteiger partial charge in [-0.3, -0.25) is 14.9 Å². The van der Waals surface area contributed by atoms with Crippen molar-refractivity contribution in [2.24, 2.45) is 5.10 Å². The Hall–Kier alpha value is -3.93. The summed E-state index contributed by atoms with van der Waals surface area (Å²) in [5.74, 6) is -0.0455. The second-order valence-electron chi connectivity index (χ2n) is 5.41. The van der Waals surface area contributed by atoms with Crippen LogP contribution in [0.25, 0.3) is 0 Å². The molecule has 0 aromatic heterocycles. The van der Waals surface area contributed by atoms with E-state index >= 15 is 0 Å². The van der Waals surface area contributed by atoms with E-state index in [1.807, 2.05) is 6.07 Å². The molecule has 9 heteroatoms. The maximum absolute atomic E-state index is 12.0. The minimum absolute atomic E-state index is 0.0923. The molecule has 0 bridgehead atoms. The Kier molecular flexibility index (Phi) is 6.44. The summed E-state index contributed by atoms with van der Waals surface area (Å²) in [6.07, 6.45) is 0.481. The van der Waals surface area contributed by atoms with Gasteiger partial charge in [0.2, 0.25) is 0 Å². The maximum Gasteiger partial charge on any atom is 0.292 e. The Morgan fingerprint density at radius 2 is 2.04 bits per heavy atom. The first-order valence-corrected chi connectivity index (χ1v) is 7.90. The van der Waals surface area contributed by atoms with Crippen LogP contribution in [0, 0.1) is 21.4 Å². The summed E-state index contributed by atoms with van der Waals surface area (Å²) in [6.45, 7) is 1.55. The average molecular weight is 367 g/mol. The van der Waals surface area contributed by atoms with E-state index in [1.54, 1.807) is 50.4 Å². The van der Waals surface area contributed by atoms with Gasteiger partial charge in [0.25, 0.3) is 11.6 Å². The lowest BCUT2D eigenvalue weighted by atomic mass is 10.2. The second kappa shape index (κ2) is 8.96. The Labute approximate surface area is 155 Å². The van der Waals surface area contributed by atoms with Gasteiger partial charge in [-0.1, -0.05) is 6.07 Å². The van der Waals surface area contributed by atoms with Crippen LogP contribution in [0.3, 0.4) is 0 Å². The van der Waals surface area contributed by atoms with Gasteiger partial charge in [0.15, 0.2) is 6.10 Å². The maximum atomic E-state index is 12.0. The van der Waals surface area contributed by atoms with Crippen LogP contribution in [0.15, 0.2) is 47.6 Å². The molecule has 0 saturated carbocycles. The number of ether oxygens (including phenoxy) is 1. The number of nitrogens with zero attached hydrogens (tertiary/aromatic N) is 3. The molecule has 0 heterocycles. The first kappa shape index (κ1) is 19.4. The number of benzene rings is 2. The van der Waals surface area contributed by atoms with Gasteiger partial charge in [-0.15, -0.1) is 0 Å². The van der Waals surface area contributed by atoms with Gasteiger partial charge < -0.3 is 10.1 Å². The molecule has 2 aromatic carbocycles. The summed E-state index contributed by atoms with van der Waals surface area (Å²) in [5.41, 5.74) is 3.55. The molecule has 0 saturated heterocycles. The fraction of sp³-hybridized carbons (Fsp3) is 0.167. The molecule has 0 aliphatic heterocycles. The van der Waals surface area contributed by atoms with E-state index in [2.05, 4.69) is 15.8 Å². The molecule has 0 fully saturated rings. The molecular formula is C18H17N5O4. The number of carbonyl (C=O) groups excluding carboxylic acids is 1.